The summed E-state index contributed by atoms with van der Waals surface area (Å²) >= 11 is 0. The number of carbonyl (C=O) groups excluding carboxylic acids is 1. The fraction of sp³-hybridized carbons (Fsp3) is 0.190. The van der Waals surface area contributed by atoms with Crippen LogP contribution in [0.5, 0.6) is 11.5 Å². The predicted molar refractivity (Wildman–Crippen MR) is 107 cm³/mol. The number of aryl methyl sites for hydroxylation is 1. The Hall–Kier alpha value is -3.68. The minimum atomic E-state index is -0.365. The summed E-state index contributed by atoms with van der Waals surface area (Å²) in [5.74, 6) is 1.53. The molecule has 0 aliphatic heterocycles. The van der Waals surface area contributed by atoms with E-state index in [9.17, 15) is 9.18 Å². The average Bonchev–Trinajstić information content (AvgIpc) is 2.71. The fourth-order valence-electron chi connectivity index (χ4n) is 2.56. The molecule has 8 heteroatoms. The maximum atomic E-state index is 13.3. The lowest BCUT2D eigenvalue weighted by atomic mass is 10.3. The minimum absolute atomic E-state index is 0.209. The molecule has 1 amide bonds. The van der Waals surface area contributed by atoms with Gasteiger partial charge in [-0.05, 0) is 49.4 Å². The summed E-state index contributed by atoms with van der Waals surface area (Å²) in [6.45, 7) is 2.29. The normalized spacial score (nSPS) is 10.3. The lowest BCUT2D eigenvalue weighted by molar-refractivity contribution is 0.0941. The van der Waals surface area contributed by atoms with Gasteiger partial charge in [-0.1, -0.05) is 6.07 Å². The number of nitrogens with one attached hydrogen (secondary N) is 2. The zero-order chi connectivity index (χ0) is 20.6. The number of rotatable bonds is 8. The molecule has 0 saturated carbocycles. The largest absolute Gasteiger partial charge is 0.497 e. The Kier molecular flexibility index (Phi) is 6.57. The molecule has 29 heavy (non-hydrogen) atoms. The number of nitrogens with zero attached hydrogens (tertiary/aromatic N) is 2. The van der Waals surface area contributed by atoms with Gasteiger partial charge in [-0.2, -0.15) is 0 Å². The molecule has 0 saturated heterocycles. The van der Waals surface area contributed by atoms with E-state index in [4.69, 9.17) is 9.47 Å². The number of benzene rings is 2. The molecule has 2 aromatic carbocycles. The van der Waals surface area contributed by atoms with Crippen LogP contribution in [-0.2, 0) is 0 Å². The minimum Gasteiger partial charge on any atom is -0.497 e. The van der Waals surface area contributed by atoms with Crippen molar-refractivity contribution in [1.82, 2.24) is 15.3 Å². The number of methoxy groups -OCH3 is 1. The summed E-state index contributed by atoms with van der Waals surface area (Å²) in [5, 5.41) is 5.73. The van der Waals surface area contributed by atoms with Crippen LogP contribution in [0.25, 0.3) is 0 Å². The fourth-order valence-corrected chi connectivity index (χ4v) is 2.56. The van der Waals surface area contributed by atoms with Gasteiger partial charge in [-0.3, -0.25) is 4.79 Å². The van der Waals surface area contributed by atoms with E-state index in [0.29, 0.717) is 36.2 Å². The third-order valence-corrected chi connectivity index (χ3v) is 3.88. The quantitative estimate of drug-likeness (QED) is 0.567. The van der Waals surface area contributed by atoms with Crippen molar-refractivity contribution in [3.63, 3.8) is 0 Å². The second kappa shape index (κ2) is 9.50. The highest BCUT2D eigenvalue weighted by Crippen LogP contribution is 2.17. The number of amides is 1. The Labute approximate surface area is 167 Å². The van der Waals surface area contributed by atoms with Crippen LogP contribution in [-0.4, -0.2) is 36.1 Å². The van der Waals surface area contributed by atoms with Gasteiger partial charge in [0.05, 0.1) is 13.7 Å². The molecule has 0 bridgehead atoms. The van der Waals surface area contributed by atoms with Gasteiger partial charge in [-0.25, -0.2) is 14.4 Å². The monoisotopic (exact) mass is 396 g/mol. The van der Waals surface area contributed by atoms with Gasteiger partial charge < -0.3 is 20.1 Å². The van der Waals surface area contributed by atoms with E-state index in [1.165, 1.54) is 18.2 Å². The van der Waals surface area contributed by atoms with Gasteiger partial charge in [0.2, 0.25) is 0 Å². The first-order chi connectivity index (χ1) is 14.0. The van der Waals surface area contributed by atoms with Crippen molar-refractivity contribution < 1.29 is 18.7 Å². The number of aromatic nitrogens is 2. The van der Waals surface area contributed by atoms with Crippen LogP contribution in [0.15, 0.2) is 54.6 Å². The van der Waals surface area contributed by atoms with Crippen LogP contribution in [0.4, 0.5) is 15.9 Å². The van der Waals surface area contributed by atoms with Crippen LogP contribution < -0.4 is 20.1 Å². The summed E-state index contributed by atoms with van der Waals surface area (Å²) in [6.07, 6.45) is 0. The van der Waals surface area contributed by atoms with Crippen LogP contribution in [0.3, 0.4) is 0 Å². The Bertz CT molecular complexity index is 980. The second-order valence-corrected chi connectivity index (χ2v) is 6.10. The molecular formula is C21H21FN4O3. The van der Waals surface area contributed by atoms with Crippen molar-refractivity contribution in [2.24, 2.45) is 0 Å². The molecule has 0 unspecified atom stereocenters. The van der Waals surface area contributed by atoms with Crippen molar-refractivity contribution in [2.45, 2.75) is 6.92 Å². The Balaban J connectivity index is 1.55. The topological polar surface area (TPSA) is 85.4 Å². The zero-order valence-electron chi connectivity index (χ0n) is 16.1. The van der Waals surface area contributed by atoms with E-state index >= 15 is 0 Å². The number of hydrogen-bond acceptors (Lipinski definition) is 6. The lowest BCUT2D eigenvalue weighted by Crippen LogP contribution is -2.29. The molecule has 0 aliphatic rings. The third kappa shape index (κ3) is 5.90. The molecule has 3 rings (SSSR count). The first kappa shape index (κ1) is 20.1. The molecule has 0 atom stereocenters. The molecule has 150 valence electrons. The van der Waals surface area contributed by atoms with Crippen molar-refractivity contribution in [3.8, 4) is 11.5 Å². The Morgan fingerprint density at radius 2 is 1.83 bits per heavy atom. The zero-order valence-corrected chi connectivity index (χ0v) is 16.1. The van der Waals surface area contributed by atoms with E-state index < -0.39 is 0 Å². The number of ether oxygens (including phenoxy) is 2. The number of hydrogen-bond donors (Lipinski definition) is 2. The van der Waals surface area contributed by atoms with Crippen molar-refractivity contribution in [1.29, 1.82) is 0 Å². The Morgan fingerprint density at radius 1 is 1.07 bits per heavy atom. The molecule has 2 N–H and O–H groups in total. The van der Waals surface area contributed by atoms with E-state index in [1.54, 1.807) is 50.4 Å². The van der Waals surface area contributed by atoms with E-state index in [-0.39, 0.29) is 17.4 Å². The van der Waals surface area contributed by atoms with Gasteiger partial charge in [-0.15, -0.1) is 0 Å². The molecule has 7 nitrogen and oxygen atoms in total. The van der Waals surface area contributed by atoms with E-state index in [2.05, 4.69) is 20.6 Å². The van der Waals surface area contributed by atoms with Crippen LogP contribution >= 0.6 is 0 Å². The van der Waals surface area contributed by atoms with Crippen molar-refractivity contribution >= 4 is 17.4 Å². The predicted octanol–water partition coefficient (Wildman–Crippen LogP) is 3.49. The lowest BCUT2D eigenvalue weighted by Gasteiger charge is -2.10. The third-order valence-electron chi connectivity index (χ3n) is 3.88. The molecule has 0 radical (unpaired) electrons. The van der Waals surface area contributed by atoms with Crippen molar-refractivity contribution in [2.75, 3.05) is 25.6 Å². The standard InChI is InChI=1S/C21H21FN4O3/c1-14-24-19(13-20(25-14)26-16-5-3-4-15(22)12-16)21(27)23-10-11-29-18-8-6-17(28-2)7-9-18/h3-9,12-13H,10-11H2,1-2H3,(H,23,27)(H,24,25,26). The second-order valence-electron chi connectivity index (χ2n) is 6.10. The summed E-state index contributed by atoms with van der Waals surface area (Å²) in [4.78, 5) is 20.8. The number of carbonyl (C=O) groups is 1. The van der Waals surface area contributed by atoms with Crippen LogP contribution in [0, 0.1) is 12.7 Å². The van der Waals surface area contributed by atoms with Crippen LogP contribution in [0.1, 0.15) is 16.3 Å². The molecule has 1 aromatic heterocycles. The molecule has 1 heterocycles. The van der Waals surface area contributed by atoms with Gasteiger partial charge in [0.1, 0.15) is 41.3 Å². The molecule has 0 spiro atoms. The maximum absolute atomic E-state index is 13.3. The molecule has 3 aromatic rings. The summed E-state index contributed by atoms with van der Waals surface area (Å²) in [7, 11) is 1.60. The molecule has 0 aliphatic carbocycles. The first-order valence-electron chi connectivity index (χ1n) is 8.97. The Morgan fingerprint density at radius 3 is 2.55 bits per heavy atom. The molecular weight excluding hydrogens is 375 g/mol. The van der Waals surface area contributed by atoms with E-state index in [0.717, 1.165) is 5.75 Å². The van der Waals surface area contributed by atoms with E-state index in [1.807, 2.05) is 0 Å². The number of halogens is 1. The van der Waals surface area contributed by atoms with Gasteiger partial charge in [0.15, 0.2) is 0 Å². The summed E-state index contributed by atoms with van der Waals surface area (Å²) in [5.41, 5.74) is 0.739. The van der Waals surface area contributed by atoms with Crippen LogP contribution in [0.2, 0.25) is 0 Å². The first-order valence-corrected chi connectivity index (χ1v) is 8.97. The van der Waals surface area contributed by atoms with Gasteiger partial charge >= 0.3 is 0 Å². The van der Waals surface area contributed by atoms with Gasteiger partial charge in [0, 0.05) is 11.8 Å². The summed E-state index contributed by atoms with van der Waals surface area (Å²) < 4.78 is 24.0. The summed E-state index contributed by atoms with van der Waals surface area (Å²) in [6, 6.07) is 14.7. The smallest absolute Gasteiger partial charge is 0.270 e. The highest BCUT2D eigenvalue weighted by Gasteiger charge is 2.11. The van der Waals surface area contributed by atoms with Crippen molar-refractivity contribution in [3.05, 3.63) is 71.9 Å². The molecule has 0 fully saturated rings. The number of anilines is 2. The highest BCUT2D eigenvalue weighted by molar-refractivity contribution is 5.93. The van der Waals surface area contributed by atoms with Gasteiger partial charge in [0.25, 0.3) is 5.91 Å². The average molecular weight is 396 g/mol. The highest BCUT2D eigenvalue weighted by atomic mass is 19.1. The maximum Gasteiger partial charge on any atom is 0.270 e. The SMILES string of the molecule is COc1ccc(OCCNC(=O)c2cc(Nc3cccc(F)c3)nc(C)n2)cc1.